The van der Waals surface area contributed by atoms with Crippen molar-refractivity contribution in [2.45, 2.75) is 71.9 Å². The lowest BCUT2D eigenvalue weighted by Gasteiger charge is -2.32. The van der Waals surface area contributed by atoms with Gasteiger partial charge in [0.15, 0.2) is 0 Å². The van der Waals surface area contributed by atoms with Crippen LogP contribution in [0.2, 0.25) is 0 Å². The van der Waals surface area contributed by atoms with E-state index in [0.717, 1.165) is 19.3 Å². The number of amides is 1. The van der Waals surface area contributed by atoms with Crippen molar-refractivity contribution in [3.05, 3.63) is 0 Å². The monoisotopic (exact) mass is 211 g/mol. The van der Waals surface area contributed by atoms with Crippen LogP contribution in [0.25, 0.3) is 0 Å². The van der Waals surface area contributed by atoms with E-state index in [1.54, 1.807) is 0 Å². The number of carbonyl (C=O) groups excluding carboxylic acids is 1. The number of unbranched alkanes of at least 4 members (excludes halogenated alkanes) is 1. The van der Waals surface area contributed by atoms with Crippen molar-refractivity contribution >= 4 is 5.91 Å². The minimum atomic E-state index is 0.376. The van der Waals surface area contributed by atoms with Gasteiger partial charge in [-0.05, 0) is 32.1 Å². The molecule has 0 spiro atoms. The summed E-state index contributed by atoms with van der Waals surface area (Å²) in [6, 6.07) is 0.966. The molecule has 0 N–H and O–H groups in total. The van der Waals surface area contributed by atoms with E-state index < -0.39 is 0 Å². The first-order valence-electron chi connectivity index (χ1n) is 6.39. The van der Waals surface area contributed by atoms with Crippen LogP contribution in [0.5, 0.6) is 0 Å². The Hall–Kier alpha value is -0.530. The summed E-state index contributed by atoms with van der Waals surface area (Å²) in [5.41, 5.74) is 0. The zero-order valence-electron chi connectivity index (χ0n) is 10.6. The third-order valence-corrected chi connectivity index (χ3v) is 3.38. The minimum absolute atomic E-state index is 0.376. The van der Waals surface area contributed by atoms with Gasteiger partial charge in [0, 0.05) is 18.5 Å². The van der Waals surface area contributed by atoms with E-state index in [-0.39, 0.29) is 0 Å². The van der Waals surface area contributed by atoms with Gasteiger partial charge in [0.2, 0.25) is 5.91 Å². The quantitative estimate of drug-likeness (QED) is 0.660. The number of carbonyl (C=O) groups is 1. The van der Waals surface area contributed by atoms with Crippen LogP contribution in [0.15, 0.2) is 0 Å². The van der Waals surface area contributed by atoms with E-state index in [0.29, 0.717) is 23.9 Å². The largest absolute Gasteiger partial charge is 0.337 e. The fraction of sp³-hybridized carbons (Fsp3) is 0.923. The Balaban J connectivity index is 2.52. The molecular weight excluding hydrogens is 186 g/mol. The Kier molecular flexibility index (Phi) is 4.62. The van der Waals surface area contributed by atoms with Crippen molar-refractivity contribution in [3.8, 4) is 0 Å². The maximum absolute atomic E-state index is 12.1. The molecular formula is C13H25NO. The normalized spacial score (nSPS) is 17.9. The van der Waals surface area contributed by atoms with Crippen molar-refractivity contribution in [2.75, 3.05) is 0 Å². The van der Waals surface area contributed by atoms with Crippen LogP contribution in [0.1, 0.15) is 59.8 Å². The van der Waals surface area contributed by atoms with Crippen LogP contribution in [-0.2, 0) is 4.79 Å². The molecule has 1 amide bonds. The third-order valence-electron chi connectivity index (χ3n) is 3.38. The van der Waals surface area contributed by atoms with Gasteiger partial charge < -0.3 is 4.90 Å². The summed E-state index contributed by atoms with van der Waals surface area (Å²) in [7, 11) is 0. The summed E-state index contributed by atoms with van der Waals surface area (Å²) >= 11 is 0. The standard InChI is InChI=1S/C13H25NO/c1-5-6-7-13(15)14(12-8-9-12)11(4)10(2)3/h10-12H,5-9H2,1-4H3. The van der Waals surface area contributed by atoms with Gasteiger partial charge >= 0.3 is 0 Å². The lowest BCUT2D eigenvalue weighted by Crippen LogP contribution is -2.42. The highest BCUT2D eigenvalue weighted by molar-refractivity contribution is 5.77. The van der Waals surface area contributed by atoms with Crippen molar-refractivity contribution in [1.82, 2.24) is 4.90 Å². The molecule has 0 aromatic heterocycles. The van der Waals surface area contributed by atoms with Crippen LogP contribution in [-0.4, -0.2) is 22.9 Å². The Labute approximate surface area is 94.0 Å². The van der Waals surface area contributed by atoms with Gasteiger partial charge in [-0.25, -0.2) is 0 Å². The van der Waals surface area contributed by atoms with Gasteiger partial charge in [-0.1, -0.05) is 27.2 Å². The summed E-state index contributed by atoms with van der Waals surface area (Å²) in [5, 5.41) is 0. The molecule has 0 saturated heterocycles. The summed E-state index contributed by atoms with van der Waals surface area (Å²) in [6.45, 7) is 8.73. The molecule has 1 saturated carbocycles. The zero-order valence-corrected chi connectivity index (χ0v) is 10.6. The van der Waals surface area contributed by atoms with Gasteiger partial charge in [-0.3, -0.25) is 4.79 Å². The van der Waals surface area contributed by atoms with Gasteiger partial charge in [0.25, 0.3) is 0 Å². The first kappa shape index (κ1) is 12.5. The Bertz CT molecular complexity index is 209. The molecule has 0 aromatic carbocycles. The topological polar surface area (TPSA) is 20.3 Å². The molecule has 1 atom stereocenters. The number of hydrogen-bond acceptors (Lipinski definition) is 1. The molecule has 1 aliphatic carbocycles. The van der Waals surface area contributed by atoms with Gasteiger partial charge in [-0.2, -0.15) is 0 Å². The van der Waals surface area contributed by atoms with E-state index in [9.17, 15) is 4.79 Å². The highest BCUT2D eigenvalue weighted by atomic mass is 16.2. The lowest BCUT2D eigenvalue weighted by molar-refractivity contribution is -0.134. The molecule has 1 rings (SSSR count). The molecule has 15 heavy (non-hydrogen) atoms. The Morgan fingerprint density at radius 3 is 2.33 bits per heavy atom. The molecule has 88 valence electrons. The Morgan fingerprint density at radius 1 is 1.33 bits per heavy atom. The molecule has 2 heteroatoms. The summed E-state index contributed by atoms with van der Waals surface area (Å²) in [6.07, 6.45) is 5.32. The smallest absolute Gasteiger partial charge is 0.223 e. The number of hydrogen-bond donors (Lipinski definition) is 0. The fourth-order valence-electron chi connectivity index (χ4n) is 1.89. The lowest BCUT2D eigenvalue weighted by atomic mass is 10.0. The van der Waals surface area contributed by atoms with E-state index in [1.807, 2.05) is 0 Å². The molecule has 2 nitrogen and oxygen atoms in total. The molecule has 0 aliphatic heterocycles. The SMILES string of the molecule is CCCCC(=O)N(C1CC1)C(C)C(C)C. The van der Waals surface area contributed by atoms with Crippen molar-refractivity contribution in [3.63, 3.8) is 0 Å². The van der Waals surface area contributed by atoms with Gasteiger partial charge in [0.05, 0.1) is 0 Å². The summed E-state index contributed by atoms with van der Waals surface area (Å²) in [4.78, 5) is 14.2. The summed E-state index contributed by atoms with van der Waals surface area (Å²) in [5.74, 6) is 0.941. The number of nitrogens with zero attached hydrogens (tertiary/aromatic N) is 1. The van der Waals surface area contributed by atoms with E-state index >= 15 is 0 Å². The van der Waals surface area contributed by atoms with Crippen LogP contribution >= 0.6 is 0 Å². The van der Waals surface area contributed by atoms with Crippen LogP contribution in [0, 0.1) is 5.92 Å². The Morgan fingerprint density at radius 2 is 1.93 bits per heavy atom. The molecule has 0 bridgehead atoms. The first-order chi connectivity index (χ1) is 7.07. The van der Waals surface area contributed by atoms with Gasteiger partial charge in [0.1, 0.15) is 0 Å². The van der Waals surface area contributed by atoms with Crippen molar-refractivity contribution in [2.24, 2.45) is 5.92 Å². The average Bonchev–Trinajstić information content (AvgIpc) is 2.98. The fourth-order valence-corrected chi connectivity index (χ4v) is 1.89. The number of rotatable bonds is 6. The van der Waals surface area contributed by atoms with E-state index in [1.165, 1.54) is 12.8 Å². The maximum Gasteiger partial charge on any atom is 0.223 e. The predicted molar refractivity (Wildman–Crippen MR) is 63.7 cm³/mol. The van der Waals surface area contributed by atoms with Crippen molar-refractivity contribution < 1.29 is 4.79 Å². The zero-order chi connectivity index (χ0) is 11.4. The minimum Gasteiger partial charge on any atom is -0.337 e. The van der Waals surface area contributed by atoms with Crippen molar-refractivity contribution in [1.29, 1.82) is 0 Å². The van der Waals surface area contributed by atoms with Gasteiger partial charge in [-0.15, -0.1) is 0 Å². The third kappa shape index (κ3) is 3.51. The first-order valence-corrected chi connectivity index (χ1v) is 6.39. The second-order valence-electron chi connectivity index (χ2n) is 5.12. The molecule has 0 radical (unpaired) electrons. The molecule has 1 aliphatic rings. The maximum atomic E-state index is 12.1. The molecule has 0 aromatic rings. The van der Waals surface area contributed by atoms with E-state index in [2.05, 4.69) is 32.6 Å². The second-order valence-corrected chi connectivity index (χ2v) is 5.12. The molecule has 0 heterocycles. The van der Waals surface area contributed by atoms with Crippen LogP contribution in [0.4, 0.5) is 0 Å². The average molecular weight is 211 g/mol. The van der Waals surface area contributed by atoms with E-state index in [4.69, 9.17) is 0 Å². The molecule has 1 unspecified atom stereocenters. The highest BCUT2D eigenvalue weighted by Gasteiger charge is 2.35. The molecule has 1 fully saturated rings. The predicted octanol–water partition coefficient (Wildman–Crippen LogP) is 3.21. The second kappa shape index (κ2) is 5.53. The highest BCUT2D eigenvalue weighted by Crippen LogP contribution is 2.31. The van der Waals surface area contributed by atoms with Crippen LogP contribution in [0.3, 0.4) is 0 Å². The summed E-state index contributed by atoms with van der Waals surface area (Å²) < 4.78 is 0. The van der Waals surface area contributed by atoms with Crippen LogP contribution < -0.4 is 0 Å².